The average Bonchev–Trinajstić information content (AvgIpc) is 3.48. The van der Waals surface area contributed by atoms with Crippen LogP contribution < -0.4 is 14.5 Å². The largest absolute Gasteiger partial charge is 0.508 e. The van der Waals surface area contributed by atoms with Crippen molar-refractivity contribution in [2.75, 3.05) is 55.8 Å². The van der Waals surface area contributed by atoms with Crippen molar-refractivity contribution >= 4 is 28.2 Å². The Kier molecular flexibility index (Phi) is 6.86. The van der Waals surface area contributed by atoms with Crippen molar-refractivity contribution < 1.29 is 28.2 Å². The highest BCUT2D eigenvalue weighted by Crippen LogP contribution is 2.46. The number of rotatable bonds is 5. The lowest BCUT2D eigenvalue weighted by molar-refractivity contribution is 0.0992. The third-order valence-corrected chi connectivity index (χ3v) is 9.30. The van der Waals surface area contributed by atoms with E-state index in [0.717, 1.165) is 25.8 Å². The van der Waals surface area contributed by atoms with E-state index in [1.165, 1.54) is 29.2 Å². The lowest BCUT2D eigenvalue weighted by Crippen LogP contribution is -2.43. The van der Waals surface area contributed by atoms with E-state index in [4.69, 9.17) is 25.9 Å². The topological polar surface area (TPSA) is 91.3 Å². The van der Waals surface area contributed by atoms with Crippen LogP contribution in [-0.4, -0.2) is 83.6 Å². The van der Waals surface area contributed by atoms with Crippen LogP contribution in [0, 0.1) is 18.2 Å². The smallest absolute Gasteiger partial charge is 0.318 e. The van der Waals surface area contributed by atoms with Crippen LogP contribution in [0.5, 0.6) is 11.8 Å². The summed E-state index contributed by atoms with van der Waals surface area (Å²) >= 11 is 0. The predicted molar refractivity (Wildman–Crippen MR) is 157 cm³/mol. The molecule has 3 aromatic rings. The van der Waals surface area contributed by atoms with Gasteiger partial charge in [-0.3, -0.25) is 14.6 Å². The van der Waals surface area contributed by atoms with E-state index in [1.54, 1.807) is 0 Å². The second-order valence-corrected chi connectivity index (χ2v) is 11.9. The second kappa shape index (κ2) is 10.6. The fraction of sp³-hybridized carbons (Fsp3) is 0.469. The molecule has 5 heterocycles. The normalized spacial score (nSPS) is 25.6. The van der Waals surface area contributed by atoms with Gasteiger partial charge in [-0.1, -0.05) is 12.0 Å². The molecular weight excluding hydrogens is 556 g/mol. The Bertz CT molecular complexity index is 1650. The molecule has 3 fully saturated rings. The maximum absolute atomic E-state index is 14.9. The second-order valence-electron chi connectivity index (χ2n) is 11.9. The zero-order valence-electron chi connectivity index (χ0n) is 24.0. The number of phenolic OH excluding ortho intramolecular Hbond substituents is 1. The highest BCUT2D eigenvalue weighted by molar-refractivity contribution is 6.17. The number of aromatic hydroxyl groups is 1. The molecule has 3 saturated heterocycles. The van der Waals surface area contributed by atoms with Crippen molar-refractivity contribution in [2.45, 2.75) is 50.4 Å². The number of carbonyl (C=O) groups is 1. The fourth-order valence-corrected chi connectivity index (χ4v) is 7.32. The molecule has 0 spiro atoms. The van der Waals surface area contributed by atoms with Gasteiger partial charge in [0.1, 0.15) is 35.7 Å². The van der Waals surface area contributed by atoms with E-state index in [9.17, 15) is 18.7 Å². The zero-order chi connectivity index (χ0) is 29.9. The Labute approximate surface area is 248 Å². The quantitative estimate of drug-likeness (QED) is 0.440. The summed E-state index contributed by atoms with van der Waals surface area (Å²) < 4.78 is 41.2. The zero-order valence-corrected chi connectivity index (χ0v) is 24.0. The van der Waals surface area contributed by atoms with Crippen molar-refractivity contribution in [1.82, 2.24) is 14.9 Å². The molecule has 224 valence electrons. The minimum Gasteiger partial charge on any atom is -0.508 e. The summed E-state index contributed by atoms with van der Waals surface area (Å²) in [6.45, 7) is 5.53. The van der Waals surface area contributed by atoms with Gasteiger partial charge in [-0.25, -0.2) is 8.78 Å². The lowest BCUT2D eigenvalue weighted by Gasteiger charge is -2.31. The molecule has 3 unspecified atom stereocenters. The minimum atomic E-state index is -0.890. The number of benzene rings is 2. The Hall–Kier alpha value is -4.01. The summed E-state index contributed by atoms with van der Waals surface area (Å²) in [6.07, 6.45) is 7.82. The number of anilines is 2. The number of ether oxygens (including phenoxy) is 2. The molecule has 0 radical (unpaired) electrons. The number of alkyl halides is 1. The molecule has 0 saturated carbocycles. The Morgan fingerprint density at radius 1 is 1.21 bits per heavy atom. The van der Waals surface area contributed by atoms with Crippen LogP contribution in [-0.2, 0) is 4.74 Å². The predicted octanol–water partition coefficient (Wildman–Crippen LogP) is 4.36. The number of halogens is 2. The molecular formula is C32H33F2N5O4. The SMILES string of the molecule is C#Cc1c(F)ccc2cc(O)cc(N3C(=O)c4c(nc(OCC56CCCN5CC(F)C6)nc4N4CCCOCC4)C3C)c12. The number of aromatic nitrogens is 2. The first-order valence-electron chi connectivity index (χ1n) is 14.8. The van der Waals surface area contributed by atoms with Crippen molar-refractivity contribution in [3.63, 3.8) is 0 Å². The molecule has 0 bridgehead atoms. The van der Waals surface area contributed by atoms with Gasteiger partial charge >= 0.3 is 6.01 Å². The minimum absolute atomic E-state index is 0.00607. The Morgan fingerprint density at radius 3 is 2.91 bits per heavy atom. The number of amides is 1. The highest BCUT2D eigenvalue weighted by atomic mass is 19.1. The monoisotopic (exact) mass is 589 g/mol. The van der Waals surface area contributed by atoms with Crippen LogP contribution in [0.3, 0.4) is 0 Å². The summed E-state index contributed by atoms with van der Waals surface area (Å²) in [5, 5.41) is 11.5. The molecule has 43 heavy (non-hydrogen) atoms. The summed E-state index contributed by atoms with van der Waals surface area (Å²) in [5.41, 5.74) is 0.683. The molecule has 2 aromatic carbocycles. The number of fused-ring (bicyclic) bond motifs is 3. The van der Waals surface area contributed by atoms with E-state index in [1.807, 2.05) is 11.8 Å². The molecule has 11 heteroatoms. The number of hydrogen-bond acceptors (Lipinski definition) is 8. The number of terminal acetylenes is 1. The maximum Gasteiger partial charge on any atom is 0.318 e. The first kappa shape index (κ1) is 27.8. The van der Waals surface area contributed by atoms with Gasteiger partial charge in [0, 0.05) is 44.1 Å². The molecule has 7 rings (SSSR count). The van der Waals surface area contributed by atoms with Gasteiger partial charge < -0.3 is 19.5 Å². The van der Waals surface area contributed by atoms with Crippen molar-refractivity contribution in [1.29, 1.82) is 0 Å². The van der Waals surface area contributed by atoms with Gasteiger partial charge in [0.2, 0.25) is 0 Å². The van der Waals surface area contributed by atoms with Gasteiger partial charge in [0.05, 0.1) is 35.1 Å². The van der Waals surface area contributed by atoms with E-state index in [0.29, 0.717) is 67.1 Å². The van der Waals surface area contributed by atoms with Crippen LogP contribution in [0.4, 0.5) is 20.3 Å². The van der Waals surface area contributed by atoms with Crippen LogP contribution in [0.2, 0.25) is 0 Å². The van der Waals surface area contributed by atoms with E-state index in [-0.39, 0.29) is 41.1 Å². The van der Waals surface area contributed by atoms with Crippen molar-refractivity contribution in [3.05, 3.63) is 46.9 Å². The molecule has 4 aliphatic heterocycles. The van der Waals surface area contributed by atoms with Crippen LogP contribution >= 0.6 is 0 Å². The Morgan fingerprint density at radius 2 is 2.07 bits per heavy atom. The molecule has 9 nitrogen and oxygen atoms in total. The molecule has 1 amide bonds. The van der Waals surface area contributed by atoms with E-state index in [2.05, 4.69) is 10.8 Å². The van der Waals surface area contributed by atoms with Crippen LogP contribution in [0.15, 0.2) is 24.3 Å². The summed E-state index contributed by atoms with van der Waals surface area (Å²) in [4.78, 5) is 29.5. The molecule has 1 aromatic heterocycles. The van der Waals surface area contributed by atoms with Gasteiger partial charge in [-0.2, -0.15) is 9.97 Å². The van der Waals surface area contributed by atoms with E-state index < -0.39 is 18.0 Å². The number of hydrogen-bond donors (Lipinski definition) is 1. The van der Waals surface area contributed by atoms with Gasteiger partial charge in [0.25, 0.3) is 5.91 Å². The summed E-state index contributed by atoms with van der Waals surface area (Å²) in [7, 11) is 0. The third kappa shape index (κ3) is 4.55. The number of carbonyl (C=O) groups excluding carboxylic acids is 1. The molecule has 0 aliphatic carbocycles. The van der Waals surface area contributed by atoms with Crippen molar-refractivity contribution in [2.24, 2.45) is 0 Å². The van der Waals surface area contributed by atoms with E-state index >= 15 is 0 Å². The molecule has 4 aliphatic rings. The third-order valence-electron chi connectivity index (χ3n) is 9.30. The van der Waals surface area contributed by atoms with Crippen LogP contribution in [0.25, 0.3) is 10.8 Å². The molecule has 1 N–H and O–H groups in total. The Balaban J connectivity index is 1.33. The van der Waals surface area contributed by atoms with Gasteiger partial charge in [-0.05, 0) is 50.2 Å². The first-order valence-corrected chi connectivity index (χ1v) is 14.8. The summed E-state index contributed by atoms with van der Waals surface area (Å²) in [5.74, 6) is 1.79. The average molecular weight is 590 g/mol. The maximum atomic E-state index is 14.9. The summed E-state index contributed by atoms with van der Waals surface area (Å²) in [6, 6.07) is 5.20. The highest BCUT2D eigenvalue weighted by Gasteiger charge is 2.50. The van der Waals surface area contributed by atoms with Gasteiger partial charge in [0.15, 0.2) is 0 Å². The standard InChI is InChI=1S/C32H33F2N5O4/c1-3-23-24(34)7-6-20-14-22(40)15-25(26(20)23)39-19(2)28-27(30(39)41)29(37-9-5-12-42-13-11-37)36-31(35-28)43-18-32-8-4-10-38(32)17-21(33)16-32/h1,6-7,14-15,19,21,40H,4-5,8-13,16-18H2,2H3. The number of phenols is 1. The van der Waals surface area contributed by atoms with Gasteiger partial charge in [-0.15, -0.1) is 6.42 Å². The van der Waals surface area contributed by atoms with Crippen LogP contribution in [0.1, 0.15) is 60.3 Å². The number of nitrogens with zero attached hydrogens (tertiary/aromatic N) is 5. The first-order chi connectivity index (χ1) is 20.8. The fourth-order valence-electron chi connectivity index (χ4n) is 7.32. The lowest BCUT2D eigenvalue weighted by atomic mass is 9.95. The van der Waals surface area contributed by atoms with Crippen molar-refractivity contribution in [3.8, 4) is 24.1 Å². The molecule has 3 atom stereocenters.